The van der Waals surface area contributed by atoms with E-state index in [1.807, 2.05) is 12.1 Å². The molecular formula is C18H11ClIN3O5S. The summed E-state index contributed by atoms with van der Waals surface area (Å²) in [5.74, 6) is -1.16. The first-order valence-corrected chi connectivity index (χ1v) is 10.3. The maximum atomic E-state index is 12.5. The Labute approximate surface area is 187 Å². The second-order valence-corrected chi connectivity index (χ2v) is 8.44. The Balaban J connectivity index is 1.73. The maximum absolute atomic E-state index is 12.5. The van der Waals surface area contributed by atoms with Gasteiger partial charge in [-0.1, -0.05) is 17.7 Å². The first-order chi connectivity index (χ1) is 13.7. The second-order valence-electron chi connectivity index (χ2n) is 5.79. The number of imide groups is 1. The number of amides is 3. The highest BCUT2D eigenvalue weighted by Gasteiger charge is 2.36. The maximum Gasteiger partial charge on any atom is 0.294 e. The number of nitro benzene ring substituents is 1. The van der Waals surface area contributed by atoms with Gasteiger partial charge in [0.15, 0.2) is 0 Å². The van der Waals surface area contributed by atoms with E-state index in [4.69, 9.17) is 11.6 Å². The molecule has 1 aliphatic rings. The van der Waals surface area contributed by atoms with Crippen LogP contribution in [-0.4, -0.2) is 33.4 Å². The van der Waals surface area contributed by atoms with E-state index in [9.17, 15) is 24.5 Å². The van der Waals surface area contributed by atoms with Gasteiger partial charge in [0.2, 0.25) is 5.91 Å². The number of nitrogens with one attached hydrogen (secondary N) is 1. The molecule has 0 saturated carbocycles. The molecule has 0 aromatic heterocycles. The monoisotopic (exact) mass is 543 g/mol. The van der Waals surface area contributed by atoms with Crippen LogP contribution in [0.1, 0.15) is 5.56 Å². The van der Waals surface area contributed by atoms with Crippen LogP contribution in [0.25, 0.3) is 6.08 Å². The van der Waals surface area contributed by atoms with Gasteiger partial charge in [0, 0.05) is 15.3 Å². The zero-order chi connectivity index (χ0) is 21.1. The third-order valence-electron chi connectivity index (χ3n) is 3.77. The molecule has 1 aliphatic heterocycles. The standard InChI is InChI=1S/C18H11ClIN3O5S/c19-13-6-1-10(7-14(13)23(27)28)8-15-17(25)22(18(26)29-15)9-16(24)21-12-4-2-11(20)3-5-12/h1-8H,9H2,(H,21,24)/b15-8-. The summed E-state index contributed by atoms with van der Waals surface area (Å²) in [6.07, 6.45) is 1.35. The summed E-state index contributed by atoms with van der Waals surface area (Å²) in [6.45, 7) is -0.436. The predicted octanol–water partition coefficient (Wildman–Crippen LogP) is 4.53. The molecule has 0 spiro atoms. The van der Waals surface area contributed by atoms with Crippen molar-refractivity contribution in [2.45, 2.75) is 0 Å². The van der Waals surface area contributed by atoms with E-state index in [2.05, 4.69) is 27.9 Å². The average molecular weight is 544 g/mol. The summed E-state index contributed by atoms with van der Waals surface area (Å²) in [7, 11) is 0. The Kier molecular flexibility index (Phi) is 6.55. The molecule has 0 radical (unpaired) electrons. The van der Waals surface area contributed by atoms with E-state index < -0.39 is 28.5 Å². The summed E-state index contributed by atoms with van der Waals surface area (Å²) >= 11 is 8.56. The molecule has 1 fully saturated rings. The molecule has 0 bridgehead atoms. The Bertz CT molecular complexity index is 1060. The van der Waals surface area contributed by atoms with Crippen LogP contribution in [-0.2, 0) is 9.59 Å². The summed E-state index contributed by atoms with van der Waals surface area (Å²) < 4.78 is 0.999. The van der Waals surface area contributed by atoms with E-state index in [1.54, 1.807) is 12.1 Å². The van der Waals surface area contributed by atoms with Gasteiger partial charge in [0.05, 0.1) is 9.83 Å². The number of carbonyl (C=O) groups is 3. The van der Waals surface area contributed by atoms with Crippen LogP contribution in [0.5, 0.6) is 0 Å². The van der Waals surface area contributed by atoms with Crippen LogP contribution < -0.4 is 5.32 Å². The number of halogens is 2. The highest BCUT2D eigenvalue weighted by atomic mass is 127. The molecule has 11 heteroatoms. The minimum atomic E-state index is -0.643. The van der Waals surface area contributed by atoms with Crippen molar-refractivity contribution in [3.05, 3.63) is 71.6 Å². The Hall–Kier alpha value is -2.44. The number of hydrogen-bond acceptors (Lipinski definition) is 6. The van der Waals surface area contributed by atoms with Gasteiger partial charge in [-0.15, -0.1) is 0 Å². The molecule has 0 aliphatic carbocycles. The van der Waals surface area contributed by atoms with E-state index >= 15 is 0 Å². The number of nitro groups is 1. The lowest BCUT2D eigenvalue weighted by Gasteiger charge is -2.12. The first kappa shape index (κ1) is 21.3. The lowest BCUT2D eigenvalue weighted by atomic mass is 10.2. The molecule has 0 unspecified atom stereocenters. The van der Waals surface area contributed by atoms with Crippen molar-refractivity contribution in [2.24, 2.45) is 0 Å². The number of anilines is 1. The van der Waals surface area contributed by atoms with Crippen LogP contribution in [0.15, 0.2) is 47.4 Å². The molecule has 3 rings (SSSR count). The molecule has 0 atom stereocenters. The molecule has 8 nitrogen and oxygen atoms in total. The molecule has 2 aromatic rings. The molecule has 29 heavy (non-hydrogen) atoms. The number of benzene rings is 2. The Morgan fingerprint density at radius 1 is 1.24 bits per heavy atom. The van der Waals surface area contributed by atoms with E-state index in [0.717, 1.165) is 8.47 Å². The van der Waals surface area contributed by atoms with Crippen LogP contribution in [0.4, 0.5) is 16.2 Å². The number of carbonyl (C=O) groups excluding carboxylic acids is 3. The van der Waals surface area contributed by atoms with E-state index in [1.165, 1.54) is 24.3 Å². The van der Waals surface area contributed by atoms with Crippen LogP contribution >= 0.6 is 46.0 Å². The molecule has 1 saturated heterocycles. The minimum Gasteiger partial charge on any atom is -0.325 e. The van der Waals surface area contributed by atoms with Crippen molar-refractivity contribution in [1.82, 2.24) is 4.90 Å². The van der Waals surface area contributed by atoms with Gasteiger partial charge >= 0.3 is 0 Å². The van der Waals surface area contributed by atoms with E-state index in [-0.39, 0.29) is 15.6 Å². The molecule has 1 N–H and O–H groups in total. The number of thioether (sulfide) groups is 1. The SMILES string of the molecule is O=C(CN1C(=O)S/C(=C\c2ccc(Cl)c([N+](=O)[O-])c2)C1=O)Nc1ccc(I)cc1. The highest BCUT2D eigenvalue weighted by Crippen LogP contribution is 2.33. The average Bonchev–Trinajstić information content (AvgIpc) is 2.92. The zero-order valence-electron chi connectivity index (χ0n) is 14.4. The quantitative estimate of drug-likeness (QED) is 0.257. The van der Waals surface area contributed by atoms with Crippen molar-refractivity contribution >= 4 is 80.5 Å². The molecule has 148 valence electrons. The van der Waals surface area contributed by atoms with Gasteiger partial charge in [0.1, 0.15) is 11.6 Å². The van der Waals surface area contributed by atoms with Crippen LogP contribution in [0, 0.1) is 13.7 Å². The van der Waals surface area contributed by atoms with Gasteiger partial charge in [0.25, 0.3) is 16.8 Å². The topological polar surface area (TPSA) is 110 Å². The smallest absolute Gasteiger partial charge is 0.294 e. The predicted molar refractivity (Wildman–Crippen MR) is 119 cm³/mol. The zero-order valence-corrected chi connectivity index (χ0v) is 18.2. The van der Waals surface area contributed by atoms with Gasteiger partial charge in [-0.2, -0.15) is 0 Å². The fraction of sp³-hybridized carbons (Fsp3) is 0.0556. The summed E-state index contributed by atoms with van der Waals surface area (Å²) in [5.41, 5.74) is 0.581. The number of rotatable bonds is 5. The fourth-order valence-electron chi connectivity index (χ4n) is 2.42. The summed E-state index contributed by atoms with van der Waals surface area (Å²) in [5, 5.41) is 13.0. The summed E-state index contributed by atoms with van der Waals surface area (Å²) in [4.78, 5) is 48.1. The van der Waals surface area contributed by atoms with E-state index in [0.29, 0.717) is 23.0 Å². The van der Waals surface area contributed by atoms with Gasteiger partial charge in [-0.25, -0.2) is 0 Å². The molecule has 1 heterocycles. The minimum absolute atomic E-state index is 0.0347. The fourth-order valence-corrected chi connectivity index (χ4v) is 3.81. The van der Waals surface area contributed by atoms with Crippen molar-refractivity contribution in [3.63, 3.8) is 0 Å². The van der Waals surface area contributed by atoms with Crippen molar-refractivity contribution in [1.29, 1.82) is 0 Å². The summed E-state index contributed by atoms with van der Waals surface area (Å²) in [6, 6.07) is 11.1. The second kappa shape index (κ2) is 8.93. The van der Waals surface area contributed by atoms with Crippen molar-refractivity contribution < 1.29 is 19.3 Å². The lowest BCUT2D eigenvalue weighted by Crippen LogP contribution is -2.36. The Morgan fingerprint density at radius 3 is 2.59 bits per heavy atom. The number of nitrogens with zero attached hydrogens (tertiary/aromatic N) is 2. The van der Waals surface area contributed by atoms with Crippen LogP contribution in [0.2, 0.25) is 5.02 Å². The lowest BCUT2D eigenvalue weighted by molar-refractivity contribution is -0.384. The molecule has 3 amide bonds. The van der Waals surface area contributed by atoms with Crippen molar-refractivity contribution in [2.75, 3.05) is 11.9 Å². The van der Waals surface area contributed by atoms with Gasteiger partial charge in [-0.05, 0) is 76.3 Å². The third kappa shape index (κ3) is 5.14. The normalized spacial score (nSPS) is 15.1. The van der Waals surface area contributed by atoms with Crippen LogP contribution in [0.3, 0.4) is 0 Å². The van der Waals surface area contributed by atoms with Gasteiger partial charge < -0.3 is 5.32 Å². The Morgan fingerprint density at radius 2 is 1.93 bits per heavy atom. The van der Waals surface area contributed by atoms with Crippen molar-refractivity contribution in [3.8, 4) is 0 Å². The first-order valence-electron chi connectivity index (χ1n) is 7.99. The number of hydrogen-bond donors (Lipinski definition) is 1. The molecule has 2 aromatic carbocycles. The highest BCUT2D eigenvalue weighted by molar-refractivity contribution is 14.1. The largest absolute Gasteiger partial charge is 0.325 e. The van der Waals surface area contributed by atoms with Gasteiger partial charge in [-0.3, -0.25) is 29.4 Å². The molecular weight excluding hydrogens is 533 g/mol. The third-order valence-corrected chi connectivity index (χ3v) is 5.71.